The van der Waals surface area contributed by atoms with E-state index in [0.717, 1.165) is 16.0 Å². The first-order valence-electron chi connectivity index (χ1n) is 5.60. The molecule has 0 aliphatic rings. The molecule has 0 saturated heterocycles. The van der Waals surface area contributed by atoms with Gasteiger partial charge in [-0.05, 0) is 30.4 Å². The lowest BCUT2D eigenvalue weighted by Crippen LogP contribution is -2.08. The first-order chi connectivity index (χ1) is 8.56. The second-order valence-electron chi connectivity index (χ2n) is 3.70. The van der Waals surface area contributed by atoms with E-state index in [1.165, 1.54) is 11.8 Å². The molecule has 0 atom stereocenters. The fraction of sp³-hybridized carbons (Fsp3) is 0.385. The molecule has 0 saturated carbocycles. The molecular weight excluding hydrogens is 252 g/mol. The number of ether oxygens (including phenoxy) is 1. The molecular formula is C13H16O4S. The quantitative estimate of drug-likeness (QED) is 0.632. The third-order valence-corrected chi connectivity index (χ3v) is 3.18. The van der Waals surface area contributed by atoms with Gasteiger partial charge in [0.05, 0.1) is 19.4 Å². The summed E-state index contributed by atoms with van der Waals surface area (Å²) in [5.74, 6) is -1.17. The third-order valence-electron chi connectivity index (χ3n) is 2.34. The van der Waals surface area contributed by atoms with E-state index in [4.69, 9.17) is 9.84 Å². The number of hydrogen-bond donors (Lipinski definition) is 1. The highest BCUT2D eigenvalue weighted by Gasteiger charge is 2.10. The summed E-state index contributed by atoms with van der Waals surface area (Å²) >= 11 is 1.50. The number of benzene rings is 1. The Balaban J connectivity index is 2.88. The van der Waals surface area contributed by atoms with Crippen LogP contribution in [-0.4, -0.2) is 29.9 Å². The van der Waals surface area contributed by atoms with Crippen LogP contribution in [0.25, 0.3) is 0 Å². The van der Waals surface area contributed by atoms with Crippen molar-refractivity contribution in [3.8, 4) is 0 Å². The molecule has 0 amide bonds. The van der Waals surface area contributed by atoms with Crippen molar-refractivity contribution in [2.75, 3.05) is 12.9 Å². The first kappa shape index (κ1) is 14.6. The maximum Gasteiger partial charge on any atom is 0.310 e. The summed E-state index contributed by atoms with van der Waals surface area (Å²) in [6.07, 6.45) is 2.04. The highest BCUT2D eigenvalue weighted by molar-refractivity contribution is 7.98. The summed E-state index contributed by atoms with van der Waals surface area (Å²) in [5, 5.41) is 8.84. The van der Waals surface area contributed by atoms with Gasteiger partial charge in [0, 0.05) is 4.90 Å². The van der Waals surface area contributed by atoms with Gasteiger partial charge >= 0.3 is 11.9 Å². The van der Waals surface area contributed by atoms with Crippen molar-refractivity contribution >= 4 is 23.7 Å². The minimum Gasteiger partial charge on any atom is -0.481 e. The van der Waals surface area contributed by atoms with Gasteiger partial charge in [-0.2, -0.15) is 0 Å². The molecule has 0 unspecified atom stereocenters. The zero-order chi connectivity index (χ0) is 13.5. The average molecular weight is 268 g/mol. The lowest BCUT2D eigenvalue weighted by molar-refractivity contribution is -0.142. The van der Waals surface area contributed by atoms with Crippen LogP contribution in [0.3, 0.4) is 0 Å². The van der Waals surface area contributed by atoms with Gasteiger partial charge < -0.3 is 9.84 Å². The number of esters is 1. The molecule has 0 fully saturated rings. The average Bonchev–Trinajstić information content (AvgIpc) is 2.28. The van der Waals surface area contributed by atoms with Crippen molar-refractivity contribution in [3.63, 3.8) is 0 Å². The lowest BCUT2D eigenvalue weighted by Gasteiger charge is -2.08. The molecule has 0 spiro atoms. The Labute approximate surface area is 110 Å². The smallest absolute Gasteiger partial charge is 0.310 e. The summed E-state index contributed by atoms with van der Waals surface area (Å²) in [6, 6.07) is 5.43. The van der Waals surface area contributed by atoms with Gasteiger partial charge in [-0.3, -0.25) is 9.59 Å². The number of hydrogen-bond acceptors (Lipinski definition) is 4. The van der Waals surface area contributed by atoms with Crippen LogP contribution in [0.5, 0.6) is 0 Å². The van der Waals surface area contributed by atoms with Gasteiger partial charge in [0.2, 0.25) is 0 Å². The molecule has 0 radical (unpaired) electrons. The fourth-order valence-corrected chi connectivity index (χ4v) is 2.22. The van der Waals surface area contributed by atoms with Crippen molar-refractivity contribution < 1.29 is 19.4 Å². The van der Waals surface area contributed by atoms with Crippen molar-refractivity contribution in [1.29, 1.82) is 0 Å². The number of carboxylic acids is 1. The largest absolute Gasteiger partial charge is 0.481 e. The minimum atomic E-state index is -0.876. The molecule has 0 bridgehead atoms. The van der Waals surface area contributed by atoms with E-state index in [2.05, 4.69) is 0 Å². The van der Waals surface area contributed by atoms with E-state index in [9.17, 15) is 9.59 Å². The van der Waals surface area contributed by atoms with Gasteiger partial charge in [0.25, 0.3) is 0 Å². The molecule has 18 heavy (non-hydrogen) atoms. The van der Waals surface area contributed by atoms with Crippen LogP contribution in [0.15, 0.2) is 23.1 Å². The molecule has 1 aromatic rings. The van der Waals surface area contributed by atoms with Gasteiger partial charge in [0.1, 0.15) is 0 Å². The number of rotatable bonds is 6. The Bertz CT molecular complexity index is 443. The second kappa shape index (κ2) is 7.06. The summed E-state index contributed by atoms with van der Waals surface area (Å²) in [6.45, 7) is 2.11. The van der Waals surface area contributed by atoms with Crippen LogP contribution in [0.4, 0.5) is 0 Å². The number of carbonyl (C=O) groups is 2. The van der Waals surface area contributed by atoms with E-state index in [1.54, 1.807) is 13.0 Å². The maximum atomic E-state index is 11.4. The predicted molar refractivity (Wildman–Crippen MR) is 69.9 cm³/mol. The van der Waals surface area contributed by atoms with Crippen molar-refractivity contribution in [1.82, 2.24) is 0 Å². The van der Waals surface area contributed by atoms with Crippen molar-refractivity contribution in [2.24, 2.45) is 0 Å². The number of carboxylic acid groups (broad SMARTS) is 1. The molecule has 0 heterocycles. The summed E-state index contributed by atoms with van der Waals surface area (Å²) < 4.78 is 4.86. The molecule has 1 N–H and O–H groups in total. The molecule has 0 aliphatic carbocycles. The van der Waals surface area contributed by atoms with Crippen LogP contribution < -0.4 is 0 Å². The Kier molecular flexibility index (Phi) is 5.71. The van der Waals surface area contributed by atoms with Crippen LogP contribution in [-0.2, 0) is 27.2 Å². The number of thioether (sulfide) groups is 1. The molecule has 0 aromatic heterocycles. The normalized spacial score (nSPS) is 10.1. The molecule has 4 nitrogen and oxygen atoms in total. The topological polar surface area (TPSA) is 63.6 Å². The first-order valence-corrected chi connectivity index (χ1v) is 6.82. The van der Waals surface area contributed by atoms with Gasteiger partial charge in [-0.1, -0.05) is 12.1 Å². The monoisotopic (exact) mass is 268 g/mol. The summed E-state index contributed by atoms with van der Waals surface area (Å²) in [5.41, 5.74) is 1.51. The van der Waals surface area contributed by atoms with E-state index in [1.807, 2.05) is 18.4 Å². The predicted octanol–water partition coefficient (Wildman–Crippen LogP) is 2.14. The second-order valence-corrected chi connectivity index (χ2v) is 4.55. The van der Waals surface area contributed by atoms with Crippen LogP contribution >= 0.6 is 11.8 Å². The van der Waals surface area contributed by atoms with E-state index in [-0.39, 0.29) is 18.8 Å². The van der Waals surface area contributed by atoms with Gasteiger partial charge in [-0.15, -0.1) is 11.8 Å². The highest BCUT2D eigenvalue weighted by Crippen LogP contribution is 2.22. The Morgan fingerprint density at radius 1 is 1.33 bits per heavy atom. The SMILES string of the molecule is CCOC(=O)Cc1ccc(SC)c(CC(=O)O)c1. The van der Waals surface area contributed by atoms with Crippen LogP contribution in [0.1, 0.15) is 18.1 Å². The minimum absolute atomic E-state index is 0.0349. The standard InChI is InChI=1S/C13H16O4S/c1-3-17-13(16)7-9-4-5-11(18-2)10(6-9)8-12(14)15/h4-6H,3,7-8H2,1-2H3,(H,14,15). The van der Waals surface area contributed by atoms with Crippen LogP contribution in [0.2, 0.25) is 0 Å². The number of carbonyl (C=O) groups excluding carboxylic acids is 1. The zero-order valence-corrected chi connectivity index (χ0v) is 11.3. The Morgan fingerprint density at radius 2 is 2.06 bits per heavy atom. The van der Waals surface area contributed by atoms with E-state index in [0.29, 0.717) is 6.61 Å². The molecule has 5 heteroatoms. The van der Waals surface area contributed by atoms with Crippen molar-refractivity contribution in [2.45, 2.75) is 24.7 Å². The molecule has 98 valence electrons. The van der Waals surface area contributed by atoms with E-state index >= 15 is 0 Å². The van der Waals surface area contributed by atoms with Crippen molar-refractivity contribution in [3.05, 3.63) is 29.3 Å². The van der Waals surface area contributed by atoms with E-state index < -0.39 is 5.97 Å². The molecule has 1 rings (SSSR count). The maximum absolute atomic E-state index is 11.4. The Hall–Kier alpha value is -1.49. The lowest BCUT2D eigenvalue weighted by atomic mass is 10.1. The Morgan fingerprint density at radius 3 is 2.61 bits per heavy atom. The third kappa shape index (κ3) is 4.41. The van der Waals surface area contributed by atoms with Gasteiger partial charge in [-0.25, -0.2) is 0 Å². The fourth-order valence-electron chi connectivity index (χ4n) is 1.62. The molecule has 1 aromatic carbocycles. The highest BCUT2D eigenvalue weighted by atomic mass is 32.2. The number of aliphatic carboxylic acids is 1. The zero-order valence-electron chi connectivity index (χ0n) is 10.4. The summed E-state index contributed by atoms with van der Waals surface area (Å²) in [4.78, 5) is 23.0. The summed E-state index contributed by atoms with van der Waals surface area (Å²) in [7, 11) is 0. The molecule has 0 aliphatic heterocycles. The van der Waals surface area contributed by atoms with Gasteiger partial charge in [0.15, 0.2) is 0 Å². The van der Waals surface area contributed by atoms with Crippen LogP contribution in [0, 0.1) is 0 Å².